The second kappa shape index (κ2) is 5.19. The van der Waals surface area contributed by atoms with Crippen molar-refractivity contribution in [1.29, 1.82) is 0 Å². The van der Waals surface area contributed by atoms with Crippen LogP contribution in [-0.4, -0.2) is 11.8 Å². The molecule has 0 bridgehead atoms. The first-order chi connectivity index (χ1) is 11.7. The molecule has 124 valence electrons. The van der Waals surface area contributed by atoms with Crippen LogP contribution in [0.3, 0.4) is 0 Å². The highest BCUT2D eigenvalue weighted by molar-refractivity contribution is 6.36. The number of hydrogen-bond acceptors (Lipinski definition) is 2. The van der Waals surface area contributed by atoms with Crippen LogP contribution in [0.25, 0.3) is 0 Å². The molecule has 1 aliphatic heterocycles. The third-order valence-corrected chi connectivity index (χ3v) is 6.91. The summed E-state index contributed by atoms with van der Waals surface area (Å²) in [7, 11) is 0. The minimum atomic E-state index is -0.155. The predicted octanol–water partition coefficient (Wildman–Crippen LogP) is 4.36. The molecule has 4 heteroatoms. The average Bonchev–Trinajstić information content (AvgIpc) is 3.26. The minimum absolute atomic E-state index is 0.0200. The molecule has 3 aliphatic carbocycles. The zero-order chi connectivity index (χ0) is 16.4. The maximum atomic E-state index is 13.3. The molecule has 0 radical (unpaired) electrons. The van der Waals surface area contributed by atoms with Crippen molar-refractivity contribution >= 4 is 29.1 Å². The predicted molar refractivity (Wildman–Crippen MR) is 92.6 cm³/mol. The number of carbonyl (C=O) groups excluding carboxylic acids is 2. The second-order valence-corrected chi connectivity index (χ2v) is 7.97. The number of anilines is 1. The highest BCUT2D eigenvalue weighted by Gasteiger charge is 2.59. The Morgan fingerprint density at radius 3 is 1.96 bits per heavy atom. The molecule has 0 spiro atoms. The molecule has 1 aromatic carbocycles. The Morgan fingerprint density at radius 2 is 1.42 bits per heavy atom. The van der Waals surface area contributed by atoms with Crippen molar-refractivity contribution in [2.24, 2.45) is 23.7 Å². The first-order valence-corrected chi connectivity index (χ1v) is 9.40. The largest absolute Gasteiger partial charge is 0.274 e. The maximum absolute atomic E-state index is 13.3. The Morgan fingerprint density at radius 1 is 0.875 bits per heavy atom. The van der Waals surface area contributed by atoms with Gasteiger partial charge in [0.2, 0.25) is 11.8 Å². The molecule has 4 atom stereocenters. The normalized spacial score (nSPS) is 34.6. The van der Waals surface area contributed by atoms with E-state index in [-0.39, 0.29) is 23.7 Å². The number of rotatable bonds is 1. The van der Waals surface area contributed by atoms with Gasteiger partial charge in [0.1, 0.15) is 0 Å². The fourth-order valence-corrected chi connectivity index (χ4v) is 5.98. The summed E-state index contributed by atoms with van der Waals surface area (Å²) in [6.07, 6.45) is 6.70. The SMILES string of the molecule is O=C1[C@@H]2[C@H](C(=O)N1c1ccccc1Cl)[C@@H]1CCCC1=C1CCC[C@@H]12. The van der Waals surface area contributed by atoms with Gasteiger partial charge < -0.3 is 0 Å². The molecule has 1 aromatic rings. The van der Waals surface area contributed by atoms with Crippen LogP contribution >= 0.6 is 11.6 Å². The van der Waals surface area contributed by atoms with E-state index in [4.69, 9.17) is 11.6 Å². The Hall–Kier alpha value is -1.61. The van der Waals surface area contributed by atoms with Crippen molar-refractivity contribution in [1.82, 2.24) is 0 Å². The monoisotopic (exact) mass is 341 g/mol. The molecule has 3 nitrogen and oxygen atoms in total. The molecule has 4 aliphatic rings. The lowest BCUT2D eigenvalue weighted by molar-refractivity contribution is -0.122. The number of allylic oxidation sites excluding steroid dienone is 2. The van der Waals surface area contributed by atoms with Crippen LogP contribution in [-0.2, 0) is 9.59 Å². The van der Waals surface area contributed by atoms with Crippen LogP contribution in [0, 0.1) is 23.7 Å². The van der Waals surface area contributed by atoms with Gasteiger partial charge in [0.15, 0.2) is 0 Å². The third-order valence-electron chi connectivity index (χ3n) is 6.59. The van der Waals surface area contributed by atoms with Gasteiger partial charge in [0.25, 0.3) is 0 Å². The van der Waals surface area contributed by atoms with Gasteiger partial charge in [-0.15, -0.1) is 0 Å². The molecule has 3 fully saturated rings. The lowest BCUT2D eigenvalue weighted by Crippen LogP contribution is -2.35. The molecular weight excluding hydrogens is 322 g/mol. The fourth-order valence-electron chi connectivity index (χ4n) is 5.76. The van der Waals surface area contributed by atoms with E-state index < -0.39 is 0 Å². The molecule has 0 unspecified atom stereocenters. The van der Waals surface area contributed by atoms with Crippen molar-refractivity contribution in [3.63, 3.8) is 0 Å². The number of imide groups is 1. The summed E-state index contributed by atoms with van der Waals surface area (Å²) in [6.45, 7) is 0. The summed E-state index contributed by atoms with van der Waals surface area (Å²) in [5.41, 5.74) is 3.62. The zero-order valence-corrected chi connectivity index (χ0v) is 14.3. The lowest BCUT2D eigenvalue weighted by atomic mass is 9.66. The number of benzene rings is 1. The van der Waals surface area contributed by atoms with Gasteiger partial charge in [-0.25, -0.2) is 4.90 Å². The zero-order valence-electron chi connectivity index (χ0n) is 13.5. The van der Waals surface area contributed by atoms with E-state index in [0.717, 1.165) is 38.5 Å². The van der Waals surface area contributed by atoms with Gasteiger partial charge in [-0.3, -0.25) is 9.59 Å². The summed E-state index contributed by atoms with van der Waals surface area (Å²) in [5, 5.41) is 0.476. The standard InChI is InChI=1S/C20H20ClNO2/c21-15-9-1-2-10-16(15)22-19(23)17-13-7-3-5-11(13)12-6-4-8-14(12)18(17)20(22)24/h1-2,9-10,13-14,17-18H,3-8H2/t13-,14+,17-,18+. The van der Waals surface area contributed by atoms with E-state index in [9.17, 15) is 9.59 Å². The van der Waals surface area contributed by atoms with E-state index in [1.165, 1.54) is 16.0 Å². The molecular formula is C20H20ClNO2. The highest BCUT2D eigenvalue weighted by atomic mass is 35.5. The van der Waals surface area contributed by atoms with Gasteiger partial charge in [-0.2, -0.15) is 0 Å². The molecule has 1 heterocycles. The van der Waals surface area contributed by atoms with Crippen LogP contribution in [0.1, 0.15) is 38.5 Å². The topological polar surface area (TPSA) is 37.4 Å². The van der Waals surface area contributed by atoms with Gasteiger partial charge in [-0.05, 0) is 62.5 Å². The van der Waals surface area contributed by atoms with E-state index in [1.807, 2.05) is 12.1 Å². The van der Waals surface area contributed by atoms with Crippen molar-refractivity contribution < 1.29 is 9.59 Å². The molecule has 5 rings (SSSR count). The van der Waals surface area contributed by atoms with Crippen molar-refractivity contribution in [2.45, 2.75) is 38.5 Å². The Labute approximate surface area is 146 Å². The van der Waals surface area contributed by atoms with Crippen LogP contribution in [0.4, 0.5) is 5.69 Å². The third kappa shape index (κ3) is 1.79. The summed E-state index contributed by atoms with van der Waals surface area (Å²) in [5.74, 6) is 0.240. The Bertz CT molecular complexity index is 742. The number of carbonyl (C=O) groups is 2. The second-order valence-electron chi connectivity index (χ2n) is 7.56. The number of halogens is 1. The number of nitrogens with zero attached hydrogens (tertiary/aromatic N) is 1. The van der Waals surface area contributed by atoms with Crippen LogP contribution in [0.15, 0.2) is 35.4 Å². The summed E-state index contributed by atoms with van der Waals surface area (Å²) < 4.78 is 0. The summed E-state index contributed by atoms with van der Waals surface area (Å²) in [4.78, 5) is 27.9. The van der Waals surface area contributed by atoms with Crippen molar-refractivity contribution in [2.75, 3.05) is 4.90 Å². The molecule has 1 saturated heterocycles. The van der Waals surface area contributed by atoms with E-state index in [2.05, 4.69) is 0 Å². The molecule has 2 amide bonds. The Kier molecular flexibility index (Phi) is 3.18. The minimum Gasteiger partial charge on any atom is -0.274 e. The van der Waals surface area contributed by atoms with E-state index >= 15 is 0 Å². The molecule has 2 saturated carbocycles. The van der Waals surface area contributed by atoms with Crippen LogP contribution in [0.2, 0.25) is 5.02 Å². The van der Waals surface area contributed by atoms with Crippen LogP contribution in [0.5, 0.6) is 0 Å². The Balaban J connectivity index is 1.63. The fraction of sp³-hybridized carbons (Fsp3) is 0.500. The molecule has 0 N–H and O–H groups in total. The number of fused-ring (bicyclic) bond motifs is 5. The summed E-state index contributed by atoms with van der Waals surface area (Å²) >= 11 is 6.30. The number of amides is 2. The van der Waals surface area contributed by atoms with E-state index in [1.54, 1.807) is 12.1 Å². The quantitative estimate of drug-likeness (QED) is 0.562. The van der Waals surface area contributed by atoms with Gasteiger partial charge in [0.05, 0.1) is 22.5 Å². The van der Waals surface area contributed by atoms with Crippen molar-refractivity contribution in [3.05, 3.63) is 40.4 Å². The van der Waals surface area contributed by atoms with Gasteiger partial charge >= 0.3 is 0 Å². The number of para-hydroxylation sites is 1. The van der Waals surface area contributed by atoms with E-state index in [0.29, 0.717) is 22.5 Å². The number of hydrogen-bond donors (Lipinski definition) is 0. The van der Waals surface area contributed by atoms with Crippen molar-refractivity contribution in [3.8, 4) is 0 Å². The first kappa shape index (κ1) is 14.7. The van der Waals surface area contributed by atoms with Gasteiger partial charge in [0, 0.05) is 0 Å². The lowest BCUT2D eigenvalue weighted by Gasteiger charge is -2.34. The molecule has 0 aromatic heterocycles. The maximum Gasteiger partial charge on any atom is 0.238 e. The average molecular weight is 342 g/mol. The van der Waals surface area contributed by atoms with Gasteiger partial charge in [-0.1, -0.05) is 34.9 Å². The smallest absolute Gasteiger partial charge is 0.238 e. The van der Waals surface area contributed by atoms with Crippen LogP contribution < -0.4 is 4.90 Å². The first-order valence-electron chi connectivity index (χ1n) is 9.02. The summed E-state index contributed by atoms with van der Waals surface area (Å²) in [6, 6.07) is 7.20. The molecule has 24 heavy (non-hydrogen) atoms. The highest BCUT2D eigenvalue weighted by Crippen LogP contribution is 2.58.